The van der Waals surface area contributed by atoms with Crippen molar-refractivity contribution in [2.24, 2.45) is 0 Å². The minimum absolute atomic E-state index is 0.161. The van der Waals surface area contributed by atoms with E-state index in [-0.39, 0.29) is 23.4 Å². The molecule has 0 aromatic heterocycles. The van der Waals surface area contributed by atoms with Gasteiger partial charge in [0.1, 0.15) is 0 Å². The van der Waals surface area contributed by atoms with Crippen molar-refractivity contribution in [1.82, 2.24) is 10.0 Å². The molecule has 0 unspecified atom stereocenters. The van der Waals surface area contributed by atoms with Crippen molar-refractivity contribution >= 4 is 45.2 Å². The summed E-state index contributed by atoms with van der Waals surface area (Å²) in [6.45, 7) is 3.71. The van der Waals surface area contributed by atoms with Gasteiger partial charge in [-0.1, -0.05) is 41.4 Å². The number of carbonyl (C=O) groups excluding carboxylic acids is 1. The minimum atomic E-state index is -3.57. The molecule has 1 amide bonds. The van der Waals surface area contributed by atoms with E-state index < -0.39 is 10.0 Å². The van der Waals surface area contributed by atoms with Gasteiger partial charge in [-0.05, 0) is 55.3 Å². The molecule has 0 aliphatic heterocycles. The van der Waals surface area contributed by atoms with Crippen LogP contribution < -0.4 is 10.0 Å². The van der Waals surface area contributed by atoms with Crippen LogP contribution in [0.25, 0.3) is 6.08 Å². The van der Waals surface area contributed by atoms with Crippen LogP contribution in [0.2, 0.25) is 10.0 Å². The lowest BCUT2D eigenvalue weighted by molar-refractivity contribution is -0.116. The monoisotopic (exact) mass is 426 g/mol. The Balaban J connectivity index is 2.00. The third kappa shape index (κ3) is 6.66. The fourth-order valence-electron chi connectivity index (χ4n) is 2.24. The smallest absolute Gasteiger partial charge is 0.244 e. The van der Waals surface area contributed by atoms with Crippen LogP contribution in [0.4, 0.5) is 0 Å². The number of amides is 1. The maximum atomic E-state index is 12.2. The first kappa shape index (κ1) is 21.4. The molecule has 0 bridgehead atoms. The normalized spacial score (nSPS) is 11.9. The van der Waals surface area contributed by atoms with E-state index in [0.717, 1.165) is 5.56 Å². The summed E-state index contributed by atoms with van der Waals surface area (Å²) in [5.41, 5.74) is 1.42. The van der Waals surface area contributed by atoms with Gasteiger partial charge in [-0.3, -0.25) is 4.79 Å². The van der Waals surface area contributed by atoms with E-state index >= 15 is 0 Å². The van der Waals surface area contributed by atoms with E-state index in [0.29, 0.717) is 15.6 Å². The van der Waals surface area contributed by atoms with Gasteiger partial charge in [-0.15, -0.1) is 0 Å². The van der Waals surface area contributed by atoms with Gasteiger partial charge in [0.2, 0.25) is 15.9 Å². The van der Waals surface area contributed by atoms with Gasteiger partial charge < -0.3 is 5.32 Å². The number of carbonyl (C=O) groups is 1. The lowest BCUT2D eigenvalue weighted by Gasteiger charge is -2.11. The van der Waals surface area contributed by atoms with Crippen molar-refractivity contribution < 1.29 is 13.2 Å². The zero-order valence-corrected chi connectivity index (χ0v) is 17.2. The Morgan fingerprint density at radius 2 is 1.85 bits per heavy atom. The standard InChI is InChI=1S/C19H20Cl2N2O3S/c1-13(2)23-27(25,26)16-5-3-4-15(10-16)12-22-19(24)9-7-14-6-8-17(20)18(21)11-14/h3-11,13,23H,12H2,1-2H3,(H,22,24)/b9-7+. The molecule has 0 radical (unpaired) electrons. The molecular weight excluding hydrogens is 407 g/mol. The molecule has 144 valence electrons. The molecule has 0 fully saturated rings. The predicted molar refractivity (Wildman–Crippen MR) is 109 cm³/mol. The van der Waals surface area contributed by atoms with E-state index in [2.05, 4.69) is 10.0 Å². The SMILES string of the molecule is CC(C)NS(=O)(=O)c1cccc(CNC(=O)/C=C/c2ccc(Cl)c(Cl)c2)c1. The summed E-state index contributed by atoms with van der Waals surface area (Å²) in [5.74, 6) is -0.311. The van der Waals surface area contributed by atoms with Crippen LogP contribution in [0.3, 0.4) is 0 Å². The second-order valence-electron chi connectivity index (χ2n) is 6.15. The lowest BCUT2D eigenvalue weighted by atomic mass is 10.2. The van der Waals surface area contributed by atoms with Crippen molar-refractivity contribution in [3.63, 3.8) is 0 Å². The minimum Gasteiger partial charge on any atom is -0.348 e. The number of nitrogens with one attached hydrogen (secondary N) is 2. The average Bonchev–Trinajstić information content (AvgIpc) is 2.60. The Bertz CT molecular complexity index is 957. The van der Waals surface area contributed by atoms with E-state index in [1.807, 2.05) is 0 Å². The van der Waals surface area contributed by atoms with Gasteiger partial charge in [-0.2, -0.15) is 0 Å². The largest absolute Gasteiger partial charge is 0.348 e. The Morgan fingerprint density at radius 3 is 2.52 bits per heavy atom. The number of halogens is 2. The molecule has 0 heterocycles. The molecule has 5 nitrogen and oxygen atoms in total. The summed E-state index contributed by atoms with van der Waals surface area (Å²) >= 11 is 11.8. The maximum absolute atomic E-state index is 12.2. The van der Waals surface area contributed by atoms with Crippen molar-refractivity contribution in [2.45, 2.75) is 31.3 Å². The molecule has 2 N–H and O–H groups in total. The molecule has 0 aliphatic rings. The molecule has 0 saturated carbocycles. The Kier molecular flexibility index (Phi) is 7.44. The summed E-state index contributed by atoms with van der Waals surface area (Å²) in [6.07, 6.45) is 2.99. The highest BCUT2D eigenvalue weighted by Gasteiger charge is 2.15. The zero-order valence-electron chi connectivity index (χ0n) is 14.9. The van der Waals surface area contributed by atoms with E-state index in [1.54, 1.807) is 50.3 Å². The van der Waals surface area contributed by atoms with Crippen LogP contribution in [0.1, 0.15) is 25.0 Å². The molecule has 8 heteroatoms. The summed E-state index contributed by atoms with van der Waals surface area (Å²) in [7, 11) is -3.57. The maximum Gasteiger partial charge on any atom is 0.244 e. The lowest BCUT2D eigenvalue weighted by Crippen LogP contribution is -2.30. The summed E-state index contributed by atoms with van der Waals surface area (Å²) in [6, 6.07) is 11.3. The zero-order chi connectivity index (χ0) is 20.0. The number of sulfonamides is 1. The Hall–Kier alpha value is -1.86. The second kappa shape index (κ2) is 9.37. The van der Waals surface area contributed by atoms with Crippen LogP contribution in [0.5, 0.6) is 0 Å². The molecule has 0 saturated heterocycles. The van der Waals surface area contributed by atoms with Gasteiger partial charge in [0, 0.05) is 18.7 Å². The van der Waals surface area contributed by atoms with Crippen LogP contribution in [-0.4, -0.2) is 20.4 Å². The molecule has 27 heavy (non-hydrogen) atoms. The Labute approximate surface area is 169 Å². The number of hydrogen-bond acceptors (Lipinski definition) is 3. The van der Waals surface area contributed by atoms with Crippen molar-refractivity contribution in [3.05, 3.63) is 69.7 Å². The molecule has 2 aromatic carbocycles. The summed E-state index contributed by atoms with van der Waals surface area (Å²) in [4.78, 5) is 12.1. The van der Waals surface area contributed by atoms with Crippen LogP contribution in [0.15, 0.2) is 53.4 Å². The first-order chi connectivity index (χ1) is 12.7. The molecular formula is C19H20Cl2N2O3S. The third-order valence-corrected chi connectivity index (χ3v) is 5.83. The number of hydrogen-bond donors (Lipinski definition) is 2. The molecule has 0 aliphatic carbocycles. The molecule has 0 spiro atoms. The van der Waals surface area contributed by atoms with Gasteiger partial charge in [0.25, 0.3) is 0 Å². The summed E-state index contributed by atoms with van der Waals surface area (Å²) < 4.78 is 27.0. The van der Waals surface area contributed by atoms with E-state index in [1.165, 1.54) is 18.2 Å². The highest BCUT2D eigenvalue weighted by Crippen LogP contribution is 2.23. The predicted octanol–water partition coefficient (Wildman–Crippen LogP) is 4.01. The molecule has 2 aromatic rings. The van der Waals surface area contributed by atoms with Crippen molar-refractivity contribution in [1.29, 1.82) is 0 Å². The van der Waals surface area contributed by atoms with Crippen LogP contribution in [0, 0.1) is 0 Å². The van der Waals surface area contributed by atoms with Crippen molar-refractivity contribution in [3.8, 4) is 0 Å². The van der Waals surface area contributed by atoms with Crippen LogP contribution >= 0.6 is 23.2 Å². The van der Waals surface area contributed by atoms with Crippen molar-refractivity contribution in [2.75, 3.05) is 0 Å². The van der Waals surface area contributed by atoms with E-state index in [9.17, 15) is 13.2 Å². The average molecular weight is 427 g/mol. The third-order valence-electron chi connectivity index (χ3n) is 3.44. The first-order valence-corrected chi connectivity index (χ1v) is 10.4. The molecule has 0 atom stereocenters. The highest BCUT2D eigenvalue weighted by molar-refractivity contribution is 7.89. The molecule has 2 rings (SSSR count). The quantitative estimate of drug-likeness (QED) is 0.656. The number of benzene rings is 2. The Morgan fingerprint density at radius 1 is 1.11 bits per heavy atom. The second-order valence-corrected chi connectivity index (χ2v) is 8.68. The van der Waals surface area contributed by atoms with E-state index in [4.69, 9.17) is 23.2 Å². The first-order valence-electron chi connectivity index (χ1n) is 8.19. The fraction of sp³-hybridized carbons (Fsp3) is 0.211. The van der Waals surface area contributed by atoms with Gasteiger partial charge >= 0.3 is 0 Å². The topological polar surface area (TPSA) is 75.3 Å². The van der Waals surface area contributed by atoms with Gasteiger partial charge in [0.15, 0.2) is 0 Å². The number of rotatable bonds is 7. The highest BCUT2D eigenvalue weighted by atomic mass is 35.5. The van der Waals surface area contributed by atoms with Gasteiger partial charge in [0.05, 0.1) is 14.9 Å². The van der Waals surface area contributed by atoms with Gasteiger partial charge in [-0.25, -0.2) is 13.1 Å². The summed E-state index contributed by atoms with van der Waals surface area (Å²) in [5, 5.41) is 3.57. The fourth-order valence-corrected chi connectivity index (χ4v) is 3.86. The van der Waals surface area contributed by atoms with Crippen LogP contribution in [-0.2, 0) is 21.4 Å².